The zero-order valence-corrected chi connectivity index (χ0v) is 20.1. The zero-order chi connectivity index (χ0) is 25.7. The van der Waals surface area contributed by atoms with E-state index in [4.69, 9.17) is 4.74 Å². The highest BCUT2D eigenvalue weighted by molar-refractivity contribution is 6.21. The summed E-state index contributed by atoms with van der Waals surface area (Å²) in [6.07, 6.45) is 0.882. The molecule has 0 fully saturated rings. The van der Waals surface area contributed by atoms with Gasteiger partial charge in [0.05, 0.1) is 24.8 Å². The molecule has 0 saturated heterocycles. The van der Waals surface area contributed by atoms with Crippen LogP contribution in [0, 0.1) is 0 Å². The molecule has 184 valence electrons. The third kappa shape index (κ3) is 4.98. The first-order valence-electron chi connectivity index (χ1n) is 11.7. The van der Waals surface area contributed by atoms with Crippen molar-refractivity contribution in [2.75, 3.05) is 7.11 Å². The van der Waals surface area contributed by atoms with E-state index in [1.165, 1.54) is 7.11 Å². The van der Waals surface area contributed by atoms with Gasteiger partial charge in [0.25, 0.3) is 11.8 Å². The van der Waals surface area contributed by atoms with Gasteiger partial charge in [0, 0.05) is 6.42 Å². The molecule has 0 aromatic heterocycles. The van der Waals surface area contributed by atoms with E-state index in [1.54, 1.807) is 24.3 Å². The van der Waals surface area contributed by atoms with Gasteiger partial charge < -0.3 is 10.1 Å². The number of methoxy groups -OCH3 is 1. The van der Waals surface area contributed by atoms with Crippen LogP contribution in [-0.4, -0.2) is 47.0 Å². The maximum atomic E-state index is 13.7. The first kappa shape index (κ1) is 24.7. The van der Waals surface area contributed by atoms with Gasteiger partial charge in [0.1, 0.15) is 6.04 Å². The van der Waals surface area contributed by atoms with Gasteiger partial charge in [-0.15, -0.1) is 0 Å². The molecule has 8 nitrogen and oxygen atoms in total. The number of benzene rings is 3. The van der Waals surface area contributed by atoms with Crippen molar-refractivity contribution >= 4 is 23.8 Å². The van der Waals surface area contributed by atoms with E-state index in [9.17, 15) is 19.2 Å². The van der Waals surface area contributed by atoms with Crippen LogP contribution in [0.15, 0.2) is 78.9 Å². The van der Waals surface area contributed by atoms with E-state index < -0.39 is 29.9 Å². The Hall–Kier alpha value is -4.46. The lowest BCUT2D eigenvalue weighted by Gasteiger charge is -2.32. The number of amides is 4. The van der Waals surface area contributed by atoms with Crippen LogP contribution < -0.4 is 5.32 Å². The van der Waals surface area contributed by atoms with Gasteiger partial charge in [0.2, 0.25) is 0 Å². The third-order valence-corrected chi connectivity index (χ3v) is 6.13. The topological polar surface area (TPSA) is 96.0 Å². The second kappa shape index (κ2) is 10.9. The van der Waals surface area contributed by atoms with Gasteiger partial charge in [-0.2, -0.15) is 5.01 Å². The standard InChI is InChI=1S/C28H27N3O5/c1-3-20-13-7-8-14-21(20)18-30(31-25(32)22-15-9-10-16-23(22)26(31)33)28(35)29-24(27(34)36-2)17-19-11-5-4-6-12-19/h4-16,24H,3,17-18H2,1-2H3,(H,29,35)/t24-/m0/s1. The Labute approximate surface area is 209 Å². The molecule has 4 rings (SSSR count). The minimum Gasteiger partial charge on any atom is -0.467 e. The number of aryl methyl sites for hydroxylation is 1. The highest BCUT2D eigenvalue weighted by atomic mass is 16.5. The molecule has 1 aliphatic rings. The van der Waals surface area contributed by atoms with Crippen LogP contribution in [0.2, 0.25) is 0 Å². The molecule has 0 unspecified atom stereocenters. The van der Waals surface area contributed by atoms with Crippen molar-refractivity contribution in [3.05, 3.63) is 107 Å². The van der Waals surface area contributed by atoms with Gasteiger partial charge in [-0.3, -0.25) is 9.59 Å². The van der Waals surface area contributed by atoms with E-state index in [1.807, 2.05) is 61.5 Å². The molecule has 1 N–H and O–H groups in total. The zero-order valence-electron chi connectivity index (χ0n) is 20.1. The number of esters is 1. The lowest BCUT2D eigenvalue weighted by molar-refractivity contribution is -0.142. The fraction of sp³-hybridized carbons (Fsp3) is 0.214. The van der Waals surface area contributed by atoms with Crippen molar-refractivity contribution in [3.63, 3.8) is 0 Å². The molecule has 1 aliphatic heterocycles. The Bertz CT molecular complexity index is 1260. The van der Waals surface area contributed by atoms with E-state index in [2.05, 4.69) is 5.32 Å². The number of nitrogens with zero attached hydrogens (tertiary/aromatic N) is 2. The minimum absolute atomic E-state index is 0.0411. The maximum absolute atomic E-state index is 13.7. The summed E-state index contributed by atoms with van der Waals surface area (Å²) in [4.78, 5) is 52.7. The molecular weight excluding hydrogens is 458 g/mol. The lowest BCUT2D eigenvalue weighted by Crippen LogP contribution is -2.56. The number of rotatable bonds is 8. The number of hydrogen-bond donors (Lipinski definition) is 1. The molecule has 3 aromatic carbocycles. The quantitative estimate of drug-likeness (QED) is 0.387. The average Bonchev–Trinajstić information content (AvgIpc) is 3.16. The van der Waals surface area contributed by atoms with E-state index in [-0.39, 0.29) is 24.1 Å². The molecule has 0 saturated carbocycles. The van der Waals surface area contributed by atoms with Crippen LogP contribution in [0.3, 0.4) is 0 Å². The Morgan fingerprint density at radius 3 is 2.00 bits per heavy atom. The number of carbonyl (C=O) groups is 4. The van der Waals surface area contributed by atoms with Crippen molar-refractivity contribution < 1.29 is 23.9 Å². The summed E-state index contributed by atoms with van der Waals surface area (Å²) < 4.78 is 4.92. The summed E-state index contributed by atoms with van der Waals surface area (Å²) in [5.74, 6) is -1.83. The molecule has 36 heavy (non-hydrogen) atoms. The maximum Gasteiger partial charge on any atom is 0.337 e. The van der Waals surface area contributed by atoms with Crippen molar-refractivity contribution in [3.8, 4) is 0 Å². The van der Waals surface area contributed by atoms with Crippen LogP contribution in [0.1, 0.15) is 44.3 Å². The monoisotopic (exact) mass is 485 g/mol. The first-order chi connectivity index (χ1) is 17.4. The number of hydrazine groups is 1. The predicted molar refractivity (Wildman–Crippen MR) is 133 cm³/mol. The van der Waals surface area contributed by atoms with Crippen LogP contribution in [0.4, 0.5) is 4.79 Å². The number of nitrogens with one attached hydrogen (secondary N) is 1. The number of ether oxygens (including phenoxy) is 1. The van der Waals surface area contributed by atoms with Crippen molar-refractivity contribution in [1.82, 2.24) is 15.3 Å². The van der Waals surface area contributed by atoms with Gasteiger partial charge >= 0.3 is 12.0 Å². The van der Waals surface area contributed by atoms with Gasteiger partial charge in [-0.1, -0.05) is 73.7 Å². The molecule has 4 amide bonds. The first-order valence-corrected chi connectivity index (χ1v) is 11.7. The van der Waals surface area contributed by atoms with Gasteiger partial charge in [-0.05, 0) is 35.2 Å². The second-order valence-electron chi connectivity index (χ2n) is 8.36. The van der Waals surface area contributed by atoms with Crippen molar-refractivity contribution in [1.29, 1.82) is 0 Å². The molecule has 0 spiro atoms. The molecule has 0 radical (unpaired) electrons. The molecule has 1 heterocycles. The van der Waals surface area contributed by atoms with Crippen LogP contribution in [0.25, 0.3) is 0 Å². The molecule has 1 atom stereocenters. The second-order valence-corrected chi connectivity index (χ2v) is 8.36. The molecule has 8 heteroatoms. The molecule has 0 aliphatic carbocycles. The normalized spacial score (nSPS) is 13.2. The fourth-order valence-corrected chi connectivity index (χ4v) is 4.26. The number of fused-ring (bicyclic) bond motifs is 1. The smallest absolute Gasteiger partial charge is 0.337 e. The molecular formula is C28H27N3O5. The Morgan fingerprint density at radius 2 is 1.42 bits per heavy atom. The highest BCUT2D eigenvalue weighted by Crippen LogP contribution is 2.26. The Morgan fingerprint density at radius 1 is 0.861 bits per heavy atom. The van der Waals surface area contributed by atoms with Crippen LogP contribution in [0.5, 0.6) is 0 Å². The molecule has 0 bridgehead atoms. The van der Waals surface area contributed by atoms with Crippen molar-refractivity contribution in [2.45, 2.75) is 32.4 Å². The SMILES string of the molecule is CCc1ccccc1CN(C(=O)N[C@@H](Cc1ccccc1)C(=O)OC)N1C(=O)c2ccccc2C1=O. The number of imide groups is 1. The summed E-state index contributed by atoms with van der Waals surface area (Å²) in [5, 5.41) is 4.61. The van der Waals surface area contributed by atoms with E-state index in [0.29, 0.717) is 6.42 Å². The third-order valence-electron chi connectivity index (χ3n) is 6.13. The summed E-state index contributed by atoms with van der Waals surface area (Å²) >= 11 is 0. The largest absolute Gasteiger partial charge is 0.467 e. The number of urea groups is 1. The summed E-state index contributed by atoms with van der Waals surface area (Å²) in [6.45, 7) is 1.94. The summed E-state index contributed by atoms with van der Waals surface area (Å²) in [7, 11) is 1.24. The van der Waals surface area contributed by atoms with Crippen LogP contribution >= 0.6 is 0 Å². The lowest BCUT2D eigenvalue weighted by atomic mass is 10.1. The fourth-order valence-electron chi connectivity index (χ4n) is 4.26. The minimum atomic E-state index is -1.02. The molecule has 3 aromatic rings. The number of hydrogen-bond acceptors (Lipinski definition) is 5. The number of carbonyl (C=O) groups excluding carboxylic acids is 4. The van der Waals surface area contributed by atoms with Gasteiger partial charge in [-0.25, -0.2) is 14.6 Å². The Kier molecular flexibility index (Phi) is 7.44. The summed E-state index contributed by atoms with van der Waals surface area (Å²) in [6, 6.07) is 21.3. The van der Waals surface area contributed by atoms with E-state index in [0.717, 1.165) is 26.7 Å². The average molecular weight is 486 g/mol. The predicted octanol–water partition coefficient (Wildman–Crippen LogP) is 3.76. The summed E-state index contributed by atoms with van der Waals surface area (Å²) in [5.41, 5.74) is 3.01. The van der Waals surface area contributed by atoms with Crippen LogP contribution in [-0.2, 0) is 28.9 Å². The Balaban J connectivity index is 1.68. The van der Waals surface area contributed by atoms with Gasteiger partial charge in [0.15, 0.2) is 0 Å². The van der Waals surface area contributed by atoms with Crippen molar-refractivity contribution in [2.24, 2.45) is 0 Å². The van der Waals surface area contributed by atoms with E-state index >= 15 is 0 Å². The highest BCUT2D eigenvalue weighted by Gasteiger charge is 2.42.